The van der Waals surface area contributed by atoms with E-state index in [1.54, 1.807) is 18.3 Å². The van der Waals surface area contributed by atoms with Crippen molar-refractivity contribution in [3.63, 3.8) is 0 Å². The SMILES string of the molecule is OCC(O)CSc1nccc2ccc(O)cc12. The molecule has 0 saturated carbocycles. The molecule has 0 aliphatic rings. The normalized spacial score (nSPS) is 12.8. The van der Waals surface area contributed by atoms with Gasteiger partial charge in [0, 0.05) is 17.3 Å². The van der Waals surface area contributed by atoms with Gasteiger partial charge in [0.25, 0.3) is 0 Å². The molecule has 2 aromatic rings. The number of aromatic nitrogens is 1. The van der Waals surface area contributed by atoms with Crippen molar-refractivity contribution in [2.24, 2.45) is 0 Å². The predicted molar refractivity (Wildman–Crippen MR) is 67.2 cm³/mol. The Balaban J connectivity index is 2.30. The number of phenolic OH excluding ortho intramolecular Hbond substituents is 1. The van der Waals surface area contributed by atoms with Crippen LogP contribution in [-0.4, -0.2) is 38.8 Å². The maximum Gasteiger partial charge on any atom is 0.116 e. The second-order valence-electron chi connectivity index (χ2n) is 3.67. The molecule has 17 heavy (non-hydrogen) atoms. The Labute approximate surface area is 103 Å². The van der Waals surface area contributed by atoms with Crippen LogP contribution < -0.4 is 0 Å². The number of fused-ring (bicyclic) bond motifs is 1. The first kappa shape index (κ1) is 12.2. The molecule has 0 saturated heterocycles. The van der Waals surface area contributed by atoms with Crippen molar-refractivity contribution in [3.8, 4) is 5.75 Å². The molecule has 1 aromatic heterocycles. The molecule has 0 aliphatic heterocycles. The van der Waals surface area contributed by atoms with Crippen molar-refractivity contribution in [1.82, 2.24) is 4.98 Å². The Kier molecular flexibility index (Phi) is 3.83. The molecule has 3 N–H and O–H groups in total. The Hall–Kier alpha value is -1.30. The molecule has 0 radical (unpaired) electrons. The van der Waals surface area contributed by atoms with Gasteiger partial charge in [-0.25, -0.2) is 4.98 Å². The zero-order valence-electron chi connectivity index (χ0n) is 9.08. The highest BCUT2D eigenvalue weighted by atomic mass is 32.2. The molecule has 0 aliphatic carbocycles. The number of aliphatic hydroxyl groups is 2. The van der Waals surface area contributed by atoms with Crippen LogP contribution in [0.25, 0.3) is 10.8 Å². The van der Waals surface area contributed by atoms with Crippen molar-refractivity contribution in [1.29, 1.82) is 0 Å². The van der Waals surface area contributed by atoms with E-state index in [0.29, 0.717) is 5.75 Å². The highest BCUT2D eigenvalue weighted by molar-refractivity contribution is 7.99. The van der Waals surface area contributed by atoms with Gasteiger partial charge in [-0.15, -0.1) is 11.8 Å². The first-order chi connectivity index (χ1) is 8.20. The highest BCUT2D eigenvalue weighted by Crippen LogP contribution is 2.28. The lowest BCUT2D eigenvalue weighted by molar-refractivity contribution is 0.113. The minimum atomic E-state index is -0.755. The van der Waals surface area contributed by atoms with Crippen molar-refractivity contribution in [2.75, 3.05) is 12.4 Å². The van der Waals surface area contributed by atoms with Crippen LogP contribution in [0.2, 0.25) is 0 Å². The van der Waals surface area contributed by atoms with Crippen LogP contribution >= 0.6 is 11.8 Å². The lowest BCUT2D eigenvalue weighted by atomic mass is 10.2. The van der Waals surface area contributed by atoms with Crippen LogP contribution in [0.5, 0.6) is 5.75 Å². The molecule has 5 heteroatoms. The van der Waals surface area contributed by atoms with E-state index in [1.165, 1.54) is 11.8 Å². The van der Waals surface area contributed by atoms with Gasteiger partial charge in [-0.1, -0.05) is 6.07 Å². The molecule has 0 fully saturated rings. The van der Waals surface area contributed by atoms with Gasteiger partial charge in [0.15, 0.2) is 0 Å². The van der Waals surface area contributed by atoms with Crippen LogP contribution in [0.3, 0.4) is 0 Å². The van der Waals surface area contributed by atoms with Gasteiger partial charge < -0.3 is 15.3 Å². The maximum absolute atomic E-state index is 9.45. The number of thioether (sulfide) groups is 1. The average molecular weight is 251 g/mol. The largest absolute Gasteiger partial charge is 0.508 e. The second kappa shape index (κ2) is 5.35. The van der Waals surface area contributed by atoms with E-state index < -0.39 is 6.10 Å². The van der Waals surface area contributed by atoms with Crippen molar-refractivity contribution < 1.29 is 15.3 Å². The monoisotopic (exact) mass is 251 g/mol. The van der Waals surface area contributed by atoms with Crippen LogP contribution in [-0.2, 0) is 0 Å². The first-order valence-electron chi connectivity index (χ1n) is 5.20. The minimum Gasteiger partial charge on any atom is -0.508 e. The van der Waals surface area contributed by atoms with Crippen LogP contribution in [0, 0.1) is 0 Å². The van der Waals surface area contributed by atoms with Gasteiger partial charge in [-0.3, -0.25) is 0 Å². The Morgan fingerprint density at radius 2 is 2.12 bits per heavy atom. The summed E-state index contributed by atoms with van der Waals surface area (Å²) in [5.74, 6) is 0.563. The topological polar surface area (TPSA) is 73.6 Å². The molecule has 1 atom stereocenters. The summed E-state index contributed by atoms with van der Waals surface area (Å²) in [5.41, 5.74) is 0. The molecule has 90 valence electrons. The molecule has 1 aromatic carbocycles. The fourth-order valence-electron chi connectivity index (χ4n) is 1.47. The third-order valence-corrected chi connectivity index (χ3v) is 3.49. The van der Waals surface area contributed by atoms with Gasteiger partial charge in [-0.2, -0.15) is 0 Å². The fraction of sp³-hybridized carbons (Fsp3) is 0.250. The number of aliphatic hydroxyl groups excluding tert-OH is 2. The van der Waals surface area contributed by atoms with E-state index in [4.69, 9.17) is 5.11 Å². The minimum absolute atomic E-state index is 0.190. The molecule has 4 nitrogen and oxygen atoms in total. The Morgan fingerprint density at radius 3 is 2.88 bits per heavy atom. The number of aromatic hydroxyl groups is 1. The summed E-state index contributed by atoms with van der Waals surface area (Å²) in [7, 11) is 0. The summed E-state index contributed by atoms with van der Waals surface area (Å²) >= 11 is 1.36. The van der Waals surface area contributed by atoms with Gasteiger partial charge in [0.05, 0.1) is 12.7 Å². The molecule has 0 bridgehead atoms. The van der Waals surface area contributed by atoms with E-state index >= 15 is 0 Å². The lowest BCUT2D eigenvalue weighted by Gasteiger charge is -2.08. The molecular weight excluding hydrogens is 238 g/mol. The van der Waals surface area contributed by atoms with Gasteiger partial charge in [-0.05, 0) is 23.6 Å². The van der Waals surface area contributed by atoms with Crippen molar-refractivity contribution in [2.45, 2.75) is 11.1 Å². The second-order valence-corrected chi connectivity index (χ2v) is 4.68. The summed E-state index contributed by atoms with van der Waals surface area (Å²) in [6.07, 6.45) is 0.932. The lowest BCUT2D eigenvalue weighted by Crippen LogP contribution is -2.14. The quantitative estimate of drug-likeness (QED) is 0.716. The maximum atomic E-state index is 9.45. The van der Waals surface area contributed by atoms with E-state index in [9.17, 15) is 10.2 Å². The third kappa shape index (κ3) is 2.88. The van der Waals surface area contributed by atoms with Crippen molar-refractivity contribution >= 4 is 22.5 Å². The van der Waals surface area contributed by atoms with E-state index in [1.807, 2.05) is 12.1 Å². The number of rotatable bonds is 4. The number of benzene rings is 1. The zero-order chi connectivity index (χ0) is 12.3. The molecule has 1 unspecified atom stereocenters. The first-order valence-corrected chi connectivity index (χ1v) is 6.18. The van der Waals surface area contributed by atoms with E-state index in [-0.39, 0.29) is 12.4 Å². The summed E-state index contributed by atoms with van der Waals surface area (Å²) in [6, 6.07) is 6.95. The number of hydrogen-bond donors (Lipinski definition) is 3. The summed E-state index contributed by atoms with van der Waals surface area (Å²) in [5, 5.41) is 30.1. The third-order valence-electron chi connectivity index (χ3n) is 2.34. The number of nitrogens with zero attached hydrogens (tertiary/aromatic N) is 1. The Bertz CT molecular complexity index is 518. The van der Waals surface area contributed by atoms with Crippen LogP contribution in [0.15, 0.2) is 35.5 Å². The van der Waals surface area contributed by atoms with Gasteiger partial charge in [0.1, 0.15) is 10.8 Å². The number of pyridine rings is 1. The predicted octanol–water partition coefficient (Wildman–Crippen LogP) is 1.39. The van der Waals surface area contributed by atoms with E-state index in [2.05, 4.69) is 4.98 Å². The van der Waals surface area contributed by atoms with Crippen molar-refractivity contribution in [3.05, 3.63) is 30.5 Å². The van der Waals surface area contributed by atoms with Gasteiger partial charge in [0.2, 0.25) is 0 Å². The highest BCUT2D eigenvalue weighted by Gasteiger charge is 2.07. The van der Waals surface area contributed by atoms with Crippen LogP contribution in [0.4, 0.5) is 0 Å². The summed E-state index contributed by atoms with van der Waals surface area (Å²) in [4.78, 5) is 4.21. The fourth-order valence-corrected chi connectivity index (χ4v) is 2.40. The molecule has 1 heterocycles. The average Bonchev–Trinajstić information content (AvgIpc) is 2.35. The molecular formula is C12H13NO3S. The Morgan fingerprint density at radius 1 is 1.29 bits per heavy atom. The zero-order valence-corrected chi connectivity index (χ0v) is 9.89. The number of hydrogen-bond acceptors (Lipinski definition) is 5. The molecule has 0 spiro atoms. The molecule has 2 rings (SSSR count). The number of phenols is 1. The smallest absolute Gasteiger partial charge is 0.116 e. The standard InChI is InChI=1S/C12H13NO3S/c14-6-10(16)7-17-12-11-5-9(15)2-1-8(11)3-4-13-12/h1-5,10,14-16H,6-7H2. The van der Waals surface area contributed by atoms with E-state index in [0.717, 1.165) is 15.8 Å². The van der Waals surface area contributed by atoms with Crippen LogP contribution in [0.1, 0.15) is 0 Å². The summed E-state index contributed by atoms with van der Waals surface area (Å²) in [6.45, 7) is -0.261. The summed E-state index contributed by atoms with van der Waals surface area (Å²) < 4.78 is 0. The van der Waals surface area contributed by atoms with Gasteiger partial charge >= 0.3 is 0 Å². The molecule has 0 amide bonds.